The number of rotatable bonds is 4. The third-order valence-electron chi connectivity index (χ3n) is 3.65. The van der Waals surface area contributed by atoms with Crippen molar-refractivity contribution in [3.63, 3.8) is 0 Å². The van der Waals surface area contributed by atoms with Crippen LogP contribution in [0.15, 0.2) is 23.1 Å². The van der Waals surface area contributed by atoms with Crippen molar-refractivity contribution < 1.29 is 22.3 Å². The molecule has 1 aliphatic rings. The Morgan fingerprint density at radius 3 is 2.41 bits per heavy atom. The molecule has 1 aromatic rings. The van der Waals surface area contributed by atoms with Gasteiger partial charge in [-0.3, -0.25) is 4.79 Å². The van der Waals surface area contributed by atoms with Crippen molar-refractivity contribution >= 4 is 15.9 Å². The molecule has 1 saturated heterocycles. The van der Waals surface area contributed by atoms with Gasteiger partial charge in [-0.2, -0.15) is 4.31 Å². The minimum atomic E-state index is -3.77. The zero-order chi connectivity index (χ0) is 16.3. The summed E-state index contributed by atoms with van der Waals surface area (Å²) < 4.78 is 44.8. The molecule has 1 heterocycles. The van der Waals surface area contributed by atoms with Crippen LogP contribution in [0.25, 0.3) is 0 Å². The average molecular weight is 330 g/mol. The van der Waals surface area contributed by atoms with E-state index in [0.717, 1.165) is 6.07 Å². The zero-order valence-electron chi connectivity index (χ0n) is 12.6. The number of sulfonamides is 1. The fourth-order valence-electron chi connectivity index (χ4n) is 2.36. The first kappa shape index (κ1) is 16.7. The lowest BCUT2D eigenvalue weighted by Crippen LogP contribution is -2.50. The summed E-state index contributed by atoms with van der Waals surface area (Å²) in [6.07, 6.45) is 0.399. The lowest BCUT2D eigenvalue weighted by atomic mass is 10.3. The van der Waals surface area contributed by atoms with E-state index in [-0.39, 0.29) is 29.6 Å². The molecule has 1 aromatic carbocycles. The summed E-state index contributed by atoms with van der Waals surface area (Å²) in [6, 6.07) is 3.57. The fourth-order valence-corrected chi connectivity index (χ4v) is 3.79. The molecule has 2 rings (SSSR count). The van der Waals surface area contributed by atoms with Crippen molar-refractivity contribution in [2.24, 2.45) is 0 Å². The van der Waals surface area contributed by atoms with Gasteiger partial charge in [-0.05, 0) is 18.2 Å². The van der Waals surface area contributed by atoms with E-state index in [9.17, 15) is 17.6 Å². The molecule has 1 fully saturated rings. The van der Waals surface area contributed by atoms with E-state index in [1.807, 2.05) is 0 Å². The molecule has 0 atom stereocenters. The topological polar surface area (TPSA) is 66.9 Å². The van der Waals surface area contributed by atoms with Gasteiger partial charge in [0.15, 0.2) is 11.6 Å². The molecule has 0 aliphatic carbocycles. The van der Waals surface area contributed by atoms with Gasteiger partial charge in [0.05, 0.1) is 12.0 Å². The highest BCUT2D eigenvalue weighted by Crippen LogP contribution is 2.23. The van der Waals surface area contributed by atoms with Crippen molar-refractivity contribution in [2.75, 3.05) is 33.3 Å². The second-order valence-electron chi connectivity index (χ2n) is 4.93. The third-order valence-corrected chi connectivity index (χ3v) is 5.55. The van der Waals surface area contributed by atoms with Crippen LogP contribution in [-0.4, -0.2) is 56.8 Å². The lowest BCUT2D eigenvalue weighted by Gasteiger charge is -2.33. The maximum absolute atomic E-state index is 13.7. The third kappa shape index (κ3) is 3.22. The highest BCUT2D eigenvalue weighted by molar-refractivity contribution is 7.89. The molecule has 122 valence electrons. The molecule has 0 spiro atoms. The molecule has 0 unspecified atom stereocenters. The van der Waals surface area contributed by atoms with E-state index in [4.69, 9.17) is 4.74 Å². The molecule has 0 bridgehead atoms. The van der Waals surface area contributed by atoms with Gasteiger partial charge in [-0.15, -0.1) is 0 Å². The van der Waals surface area contributed by atoms with Gasteiger partial charge in [0.25, 0.3) is 0 Å². The number of carbonyl (C=O) groups excluding carboxylic acids is 1. The molecule has 0 N–H and O–H groups in total. The summed E-state index contributed by atoms with van der Waals surface area (Å²) in [4.78, 5) is 13.1. The fraction of sp³-hybridized carbons (Fsp3) is 0.500. The first-order chi connectivity index (χ1) is 10.4. The minimum absolute atomic E-state index is 0.00249. The van der Waals surface area contributed by atoms with Crippen molar-refractivity contribution in [3.05, 3.63) is 24.0 Å². The second kappa shape index (κ2) is 6.62. The van der Waals surface area contributed by atoms with Crippen molar-refractivity contribution in [2.45, 2.75) is 18.2 Å². The predicted molar refractivity (Wildman–Crippen MR) is 78.6 cm³/mol. The summed E-state index contributed by atoms with van der Waals surface area (Å²) in [7, 11) is -2.45. The largest absolute Gasteiger partial charge is 0.494 e. The van der Waals surface area contributed by atoms with Gasteiger partial charge in [0, 0.05) is 32.6 Å². The van der Waals surface area contributed by atoms with Crippen molar-refractivity contribution in [3.8, 4) is 5.75 Å². The van der Waals surface area contributed by atoms with Crippen LogP contribution in [0.1, 0.15) is 13.3 Å². The van der Waals surface area contributed by atoms with E-state index < -0.39 is 15.8 Å². The van der Waals surface area contributed by atoms with Crippen LogP contribution < -0.4 is 4.74 Å². The van der Waals surface area contributed by atoms with E-state index in [1.54, 1.807) is 11.8 Å². The number of piperazine rings is 1. The van der Waals surface area contributed by atoms with Gasteiger partial charge in [0.1, 0.15) is 0 Å². The number of carbonyl (C=O) groups is 1. The van der Waals surface area contributed by atoms with Crippen molar-refractivity contribution in [1.82, 2.24) is 9.21 Å². The number of benzene rings is 1. The number of halogens is 1. The molecule has 1 aliphatic heterocycles. The van der Waals surface area contributed by atoms with E-state index in [2.05, 4.69) is 0 Å². The van der Waals surface area contributed by atoms with E-state index in [1.165, 1.54) is 23.5 Å². The quantitative estimate of drug-likeness (QED) is 0.828. The smallest absolute Gasteiger partial charge is 0.243 e. The number of hydrogen-bond donors (Lipinski definition) is 0. The Kier molecular flexibility index (Phi) is 5.02. The second-order valence-corrected chi connectivity index (χ2v) is 6.87. The highest BCUT2D eigenvalue weighted by atomic mass is 32.2. The van der Waals surface area contributed by atoms with Crippen LogP contribution in [0.2, 0.25) is 0 Å². The standard InChI is InChI=1S/C14H19FN2O4S/c1-3-14(18)16-6-8-17(9-7-16)22(19,20)11-4-5-13(21-2)12(15)10-11/h4-5,10H,3,6-9H2,1-2H3. The molecule has 1 amide bonds. The van der Waals surface area contributed by atoms with Gasteiger partial charge in [-0.1, -0.05) is 6.92 Å². The predicted octanol–water partition coefficient (Wildman–Crippen LogP) is 1.08. The van der Waals surface area contributed by atoms with Gasteiger partial charge < -0.3 is 9.64 Å². The van der Waals surface area contributed by atoms with Gasteiger partial charge in [0.2, 0.25) is 15.9 Å². The normalized spacial score (nSPS) is 16.6. The number of methoxy groups -OCH3 is 1. The van der Waals surface area contributed by atoms with Crippen LogP contribution in [-0.2, 0) is 14.8 Å². The Hall–Kier alpha value is -1.67. The number of hydrogen-bond acceptors (Lipinski definition) is 4. The highest BCUT2D eigenvalue weighted by Gasteiger charge is 2.30. The Morgan fingerprint density at radius 2 is 1.91 bits per heavy atom. The molecule has 0 aromatic heterocycles. The van der Waals surface area contributed by atoms with Crippen LogP contribution in [0.5, 0.6) is 5.75 Å². The van der Waals surface area contributed by atoms with E-state index in [0.29, 0.717) is 19.5 Å². The van der Waals surface area contributed by atoms with Gasteiger partial charge >= 0.3 is 0 Å². The molecule has 6 nitrogen and oxygen atoms in total. The molecule has 8 heteroatoms. The van der Waals surface area contributed by atoms with Crippen LogP contribution >= 0.6 is 0 Å². The Morgan fingerprint density at radius 1 is 1.27 bits per heavy atom. The number of amides is 1. The molecular formula is C14H19FN2O4S. The summed E-state index contributed by atoms with van der Waals surface area (Å²) >= 11 is 0. The summed E-state index contributed by atoms with van der Waals surface area (Å²) in [5, 5.41) is 0. The SMILES string of the molecule is CCC(=O)N1CCN(S(=O)(=O)c2ccc(OC)c(F)c2)CC1. The van der Waals surface area contributed by atoms with E-state index >= 15 is 0 Å². The lowest BCUT2D eigenvalue weighted by molar-refractivity contribution is -0.132. The maximum atomic E-state index is 13.7. The van der Waals surface area contributed by atoms with Crippen LogP contribution in [0.4, 0.5) is 4.39 Å². The number of ether oxygens (including phenoxy) is 1. The maximum Gasteiger partial charge on any atom is 0.243 e. The monoisotopic (exact) mass is 330 g/mol. The first-order valence-corrected chi connectivity index (χ1v) is 8.45. The zero-order valence-corrected chi connectivity index (χ0v) is 13.4. The Labute approximate surface area is 129 Å². The molecule has 0 radical (unpaired) electrons. The molecular weight excluding hydrogens is 311 g/mol. The summed E-state index contributed by atoms with van der Waals surface area (Å²) in [5.41, 5.74) is 0. The molecule has 22 heavy (non-hydrogen) atoms. The number of nitrogens with zero attached hydrogens (tertiary/aromatic N) is 2. The Balaban J connectivity index is 2.15. The van der Waals surface area contributed by atoms with Crippen LogP contribution in [0.3, 0.4) is 0 Å². The van der Waals surface area contributed by atoms with Gasteiger partial charge in [-0.25, -0.2) is 12.8 Å². The molecule has 0 saturated carbocycles. The minimum Gasteiger partial charge on any atom is -0.494 e. The summed E-state index contributed by atoms with van der Waals surface area (Å²) in [6.45, 7) is 2.89. The Bertz CT molecular complexity index is 655. The van der Waals surface area contributed by atoms with Crippen LogP contribution in [0, 0.1) is 5.82 Å². The van der Waals surface area contributed by atoms with Crippen molar-refractivity contribution in [1.29, 1.82) is 0 Å². The average Bonchev–Trinajstić information content (AvgIpc) is 2.54. The first-order valence-electron chi connectivity index (χ1n) is 7.01. The summed E-state index contributed by atoms with van der Waals surface area (Å²) in [5.74, 6) is -0.715.